The van der Waals surface area contributed by atoms with E-state index in [1.165, 1.54) is 0 Å². The summed E-state index contributed by atoms with van der Waals surface area (Å²) in [6, 6.07) is 26.3. The van der Waals surface area contributed by atoms with Crippen LogP contribution in [0.1, 0.15) is 17.2 Å². The molecule has 3 aromatic carbocycles. The van der Waals surface area contributed by atoms with Gasteiger partial charge in [-0.2, -0.15) is 0 Å². The molecule has 2 N–H and O–H groups in total. The second kappa shape index (κ2) is 7.66. The summed E-state index contributed by atoms with van der Waals surface area (Å²) in [6.07, 6.45) is 0. The van der Waals surface area contributed by atoms with E-state index in [0.29, 0.717) is 10.7 Å². The summed E-state index contributed by atoms with van der Waals surface area (Å²) in [4.78, 5) is 12.4. The Kier molecular flexibility index (Phi) is 5.14. The minimum absolute atomic E-state index is 0.241. The minimum atomic E-state index is -0.305. The van der Waals surface area contributed by atoms with Crippen molar-refractivity contribution in [2.24, 2.45) is 0 Å². The number of anilines is 1. The van der Waals surface area contributed by atoms with E-state index < -0.39 is 0 Å². The van der Waals surface area contributed by atoms with E-state index >= 15 is 0 Å². The molecule has 0 aromatic heterocycles. The standard InChI is InChI=1S/C20H17ClN2O/c21-17-13-7-8-14-18(17)22-20(24)23-19(15-9-3-1-4-10-15)16-11-5-2-6-12-16/h1-14,19H,(H2,22,23,24). The molecule has 3 aromatic rings. The molecular formula is C20H17ClN2O. The van der Waals surface area contributed by atoms with Gasteiger partial charge in [-0.15, -0.1) is 0 Å². The van der Waals surface area contributed by atoms with E-state index in [1.54, 1.807) is 12.1 Å². The number of halogens is 1. The van der Waals surface area contributed by atoms with Gasteiger partial charge in [-0.25, -0.2) is 4.79 Å². The zero-order chi connectivity index (χ0) is 16.8. The molecule has 0 aliphatic heterocycles. The summed E-state index contributed by atoms with van der Waals surface area (Å²) >= 11 is 6.10. The van der Waals surface area contributed by atoms with Crippen LogP contribution in [0.2, 0.25) is 5.02 Å². The summed E-state index contributed by atoms with van der Waals surface area (Å²) in [6.45, 7) is 0. The van der Waals surface area contributed by atoms with Crippen molar-refractivity contribution in [3.8, 4) is 0 Å². The van der Waals surface area contributed by atoms with E-state index in [1.807, 2.05) is 72.8 Å². The van der Waals surface area contributed by atoms with Gasteiger partial charge in [-0.05, 0) is 23.3 Å². The third-order valence-corrected chi connectivity index (χ3v) is 3.99. The maximum absolute atomic E-state index is 12.4. The smallest absolute Gasteiger partial charge is 0.320 e. The zero-order valence-electron chi connectivity index (χ0n) is 12.9. The molecule has 0 aliphatic carbocycles. The third kappa shape index (κ3) is 3.94. The van der Waals surface area contributed by atoms with Crippen LogP contribution in [0.4, 0.5) is 10.5 Å². The van der Waals surface area contributed by atoms with Crippen LogP contribution in [0.15, 0.2) is 84.9 Å². The van der Waals surface area contributed by atoms with Crippen molar-refractivity contribution in [2.45, 2.75) is 6.04 Å². The van der Waals surface area contributed by atoms with E-state index in [9.17, 15) is 4.79 Å². The fourth-order valence-electron chi connectivity index (χ4n) is 2.50. The highest BCUT2D eigenvalue weighted by molar-refractivity contribution is 6.33. The first-order chi connectivity index (χ1) is 11.7. The molecule has 0 heterocycles. The number of para-hydroxylation sites is 1. The molecule has 3 rings (SSSR count). The van der Waals surface area contributed by atoms with Crippen LogP contribution >= 0.6 is 11.6 Å². The first-order valence-electron chi connectivity index (χ1n) is 7.66. The Morgan fingerprint density at radius 1 is 0.750 bits per heavy atom. The third-order valence-electron chi connectivity index (χ3n) is 3.66. The fourth-order valence-corrected chi connectivity index (χ4v) is 2.69. The Bertz CT molecular complexity index is 767. The maximum atomic E-state index is 12.4. The SMILES string of the molecule is O=C(Nc1ccccc1Cl)NC(c1ccccc1)c1ccccc1. The van der Waals surface area contributed by atoms with Gasteiger partial charge < -0.3 is 10.6 Å². The van der Waals surface area contributed by atoms with Gasteiger partial charge in [0, 0.05) is 0 Å². The number of rotatable bonds is 4. The van der Waals surface area contributed by atoms with Crippen LogP contribution < -0.4 is 10.6 Å². The monoisotopic (exact) mass is 336 g/mol. The highest BCUT2D eigenvalue weighted by Gasteiger charge is 2.16. The van der Waals surface area contributed by atoms with Gasteiger partial charge in [-0.3, -0.25) is 0 Å². The molecule has 120 valence electrons. The molecule has 0 saturated carbocycles. The number of carbonyl (C=O) groups is 1. The highest BCUT2D eigenvalue weighted by atomic mass is 35.5. The van der Waals surface area contributed by atoms with Crippen LogP contribution in [0.5, 0.6) is 0 Å². The van der Waals surface area contributed by atoms with E-state index in [4.69, 9.17) is 11.6 Å². The van der Waals surface area contributed by atoms with E-state index in [0.717, 1.165) is 11.1 Å². The van der Waals surface area contributed by atoms with Gasteiger partial charge in [-0.1, -0.05) is 84.4 Å². The highest BCUT2D eigenvalue weighted by Crippen LogP contribution is 2.23. The molecular weight excluding hydrogens is 320 g/mol. The molecule has 0 fully saturated rings. The van der Waals surface area contributed by atoms with Gasteiger partial charge in [0.2, 0.25) is 0 Å². The van der Waals surface area contributed by atoms with Crippen LogP contribution in [0.25, 0.3) is 0 Å². The van der Waals surface area contributed by atoms with Crippen molar-refractivity contribution in [2.75, 3.05) is 5.32 Å². The first kappa shape index (κ1) is 16.1. The lowest BCUT2D eigenvalue weighted by molar-refractivity contribution is 0.250. The van der Waals surface area contributed by atoms with Crippen LogP contribution in [-0.4, -0.2) is 6.03 Å². The molecule has 0 unspecified atom stereocenters. The Balaban J connectivity index is 1.82. The number of amides is 2. The van der Waals surface area contributed by atoms with Gasteiger partial charge in [0.1, 0.15) is 0 Å². The van der Waals surface area contributed by atoms with Crippen molar-refractivity contribution in [3.63, 3.8) is 0 Å². The normalized spacial score (nSPS) is 10.4. The summed E-state index contributed by atoms with van der Waals surface area (Å²) < 4.78 is 0. The lowest BCUT2D eigenvalue weighted by Crippen LogP contribution is -2.33. The Morgan fingerprint density at radius 2 is 1.25 bits per heavy atom. The lowest BCUT2D eigenvalue weighted by Gasteiger charge is -2.20. The van der Waals surface area contributed by atoms with Gasteiger partial charge in [0.05, 0.1) is 16.8 Å². The predicted octanol–water partition coefficient (Wildman–Crippen LogP) is 5.25. The van der Waals surface area contributed by atoms with Gasteiger partial charge in [0.25, 0.3) is 0 Å². The Morgan fingerprint density at radius 3 is 1.79 bits per heavy atom. The topological polar surface area (TPSA) is 41.1 Å². The van der Waals surface area contributed by atoms with Gasteiger partial charge in [0.15, 0.2) is 0 Å². The number of carbonyl (C=O) groups excluding carboxylic acids is 1. The summed E-state index contributed by atoms with van der Waals surface area (Å²) in [5, 5.41) is 6.32. The van der Waals surface area contributed by atoms with Crippen LogP contribution in [-0.2, 0) is 0 Å². The fraction of sp³-hybridized carbons (Fsp3) is 0.0500. The number of hydrogen-bond donors (Lipinski definition) is 2. The zero-order valence-corrected chi connectivity index (χ0v) is 13.7. The minimum Gasteiger partial charge on any atom is -0.327 e. The van der Waals surface area contributed by atoms with E-state index in [2.05, 4.69) is 10.6 Å². The molecule has 0 atom stereocenters. The largest absolute Gasteiger partial charge is 0.327 e. The maximum Gasteiger partial charge on any atom is 0.320 e. The molecule has 3 nitrogen and oxygen atoms in total. The van der Waals surface area contributed by atoms with Crippen molar-refractivity contribution < 1.29 is 4.79 Å². The number of hydrogen-bond acceptors (Lipinski definition) is 1. The van der Waals surface area contributed by atoms with Crippen LogP contribution in [0.3, 0.4) is 0 Å². The second-order valence-electron chi connectivity index (χ2n) is 5.33. The van der Waals surface area contributed by atoms with E-state index in [-0.39, 0.29) is 12.1 Å². The molecule has 0 aliphatic rings. The molecule has 0 saturated heterocycles. The molecule has 24 heavy (non-hydrogen) atoms. The predicted molar refractivity (Wildman–Crippen MR) is 98.3 cm³/mol. The summed E-state index contributed by atoms with van der Waals surface area (Å²) in [7, 11) is 0. The average Bonchev–Trinajstić information content (AvgIpc) is 2.63. The van der Waals surface area contributed by atoms with Crippen molar-refractivity contribution in [3.05, 3.63) is 101 Å². The van der Waals surface area contributed by atoms with Crippen LogP contribution in [0, 0.1) is 0 Å². The summed E-state index contributed by atoms with van der Waals surface area (Å²) in [5.41, 5.74) is 2.60. The Hall–Kier alpha value is -2.78. The molecule has 0 bridgehead atoms. The molecule has 2 amide bonds. The molecule has 4 heteroatoms. The number of nitrogens with one attached hydrogen (secondary N) is 2. The molecule has 0 radical (unpaired) electrons. The number of benzene rings is 3. The summed E-state index contributed by atoms with van der Waals surface area (Å²) in [5.74, 6) is 0. The Labute approximate surface area is 146 Å². The average molecular weight is 337 g/mol. The molecule has 0 spiro atoms. The number of urea groups is 1. The lowest BCUT2D eigenvalue weighted by atomic mass is 9.99. The van der Waals surface area contributed by atoms with Crippen molar-refractivity contribution >= 4 is 23.3 Å². The first-order valence-corrected chi connectivity index (χ1v) is 8.04. The second-order valence-corrected chi connectivity index (χ2v) is 5.74. The quantitative estimate of drug-likeness (QED) is 0.671. The van der Waals surface area contributed by atoms with Gasteiger partial charge >= 0.3 is 6.03 Å². The van der Waals surface area contributed by atoms with Crippen molar-refractivity contribution in [1.82, 2.24) is 5.32 Å². The van der Waals surface area contributed by atoms with Crippen molar-refractivity contribution in [1.29, 1.82) is 0 Å².